The van der Waals surface area contributed by atoms with Crippen LogP contribution in [0, 0.1) is 11.8 Å². The number of rotatable bonds is 8. The van der Waals surface area contributed by atoms with Gasteiger partial charge in [-0.25, -0.2) is 8.42 Å². The molecule has 2 saturated carbocycles. The molecule has 0 aromatic carbocycles. The van der Waals surface area contributed by atoms with E-state index in [1.165, 1.54) is 25.7 Å². The van der Waals surface area contributed by atoms with E-state index < -0.39 is 9.84 Å². The van der Waals surface area contributed by atoms with Gasteiger partial charge in [0.1, 0.15) is 0 Å². The Bertz CT molecular complexity index is 332. The summed E-state index contributed by atoms with van der Waals surface area (Å²) in [5, 5.41) is 3.31. The van der Waals surface area contributed by atoms with Crippen molar-refractivity contribution < 1.29 is 8.42 Å². The van der Waals surface area contributed by atoms with Gasteiger partial charge in [-0.1, -0.05) is 6.92 Å². The van der Waals surface area contributed by atoms with Crippen molar-refractivity contribution in [2.24, 2.45) is 11.8 Å². The highest BCUT2D eigenvalue weighted by atomic mass is 32.2. The minimum Gasteiger partial charge on any atom is -0.312 e. The lowest BCUT2D eigenvalue weighted by molar-refractivity contribution is 0.427. The van der Waals surface area contributed by atoms with E-state index in [2.05, 4.69) is 5.32 Å². The summed E-state index contributed by atoms with van der Waals surface area (Å²) in [5.74, 6) is 1.99. The molecule has 0 aromatic rings. The second kappa shape index (κ2) is 5.27. The second-order valence-corrected chi connectivity index (χ2v) is 8.28. The smallest absolute Gasteiger partial charge is 0.154 e. The van der Waals surface area contributed by atoms with Crippen LogP contribution in [-0.4, -0.2) is 32.0 Å². The van der Waals surface area contributed by atoms with E-state index in [4.69, 9.17) is 0 Å². The highest BCUT2D eigenvalue weighted by molar-refractivity contribution is 7.92. The van der Waals surface area contributed by atoms with Crippen molar-refractivity contribution in [1.82, 2.24) is 5.32 Å². The molecule has 0 heterocycles. The molecule has 1 N–H and O–H groups in total. The Morgan fingerprint density at radius 3 is 2.12 bits per heavy atom. The summed E-state index contributed by atoms with van der Waals surface area (Å²) in [6.45, 7) is 4.39. The van der Waals surface area contributed by atoms with E-state index in [-0.39, 0.29) is 5.25 Å². The lowest BCUT2D eigenvalue weighted by Gasteiger charge is -2.18. The average molecular weight is 259 g/mol. The molecule has 2 aliphatic carbocycles. The largest absolute Gasteiger partial charge is 0.312 e. The van der Waals surface area contributed by atoms with Gasteiger partial charge in [0.05, 0.1) is 11.0 Å². The highest BCUT2D eigenvalue weighted by Gasteiger charge is 2.41. The molecule has 0 amide bonds. The van der Waals surface area contributed by atoms with E-state index in [1.807, 2.05) is 13.8 Å². The predicted molar refractivity (Wildman–Crippen MR) is 70.8 cm³/mol. The van der Waals surface area contributed by atoms with E-state index in [0.717, 1.165) is 18.3 Å². The summed E-state index contributed by atoms with van der Waals surface area (Å²) in [7, 11) is -2.88. The molecular formula is C13H25NO2S. The first-order valence-electron chi connectivity index (χ1n) is 6.99. The maximum atomic E-state index is 11.9. The van der Waals surface area contributed by atoms with Crippen molar-refractivity contribution in [2.45, 2.75) is 57.2 Å². The zero-order valence-corrected chi connectivity index (χ0v) is 11.8. The van der Waals surface area contributed by atoms with Crippen molar-refractivity contribution >= 4 is 9.84 Å². The SMILES string of the molecule is CCC(C)S(=O)(=O)CCNC(C1CC1)C1CC1. The Morgan fingerprint density at radius 2 is 1.71 bits per heavy atom. The highest BCUT2D eigenvalue weighted by Crippen LogP contribution is 2.44. The predicted octanol–water partition coefficient (Wildman–Crippen LogP) is 1.98. The summed E-state index contributed by atoms with van der Waals surface area (Å²) >= 11 is 0. The third-order valence-corrected chi connectivity index (χ3v) is 6.55. The van der Waals surface area contributed by atoms with Crippen LogP contribution in [0.5, 0.6) is 0 Å². The molecule has 2 aliphatic rings. The number of hydrogen-bond acceptors (Lipinski definition) is 3. The van der Waals surface area contributed by atoms with E-state index in [0.29, 0.717) is 18.3 Å². The fourth-order valence-corrected chi connectivity index (χ4v) is 3.76. The molecule has 0 aliphatic heterocycles. The van der Waals surface area contributed by atoms with Gasteiger partial charge in [0.2, 0.25) is 0 Å². The van der Waals surface area contributed by atoms with E-state index >= 15 is 0 Å². The van der Waals surface area contributed by atoms with Gasteiger partial charge in [-0.3, -0.25) is 0 Å². The van der Waals surface area contributed by atoms with Crippen LogP contribution in [-0.2, 0) is 9.84 Å². The van der Waals surface area contributed by atoms with Crippen molar-refractivity contribution in [3.8, 4) is 0 Å². The third-order valence-electron chi connectivity index (χ3n) is 4.21. The lowest BCUT2D eigenvalue weighted by atomic mass is 10.1. The minimum atomic E-state index is -2.88. The molecular weight excluding hydrogens is 234 g/mol. The maximum Gasteiger partial charge on any atom is 0.154 e. The van der Waals surface area contributed by atoms with Crippen LogP contribution in [0.15, 0.2) is 0 Å². The Hall–Kier alpha value is -0.0900. The van der Waals surface area contributed by atoms with Crippen LogP contribution in [0.3, 0.4) is 0 Å². The first-order valence-corrected chi connectivity index (χ1v) is 8.71. The quantitative estimate of drug-likeness (QED) is 0.725. The monoisotopic (exact) mass is 259 g/mol. The fourth-order valence-electron chi connectivity index (χ4n) is 2.45. The minimum absolute atomic E-state index is 0.190. The van der Waals surface area contributed by atoms with Crippen LogP contribution in [0.1, 0.15) is 46.0 Å². The van der Waals surface area contributed by atoms with Crippen LogP contribution in [0.2, 0.25) is 0 Å². The third kappa shape index (κ3) is 3.68. The van der Waals surface area contributed by atoms with Crippen LogP contribution in [0.25, 0.3) is 0 Å². The van der Waals surface area contributed by atoms with Crippen LogP contribution >= 0.6 is 0 Å². The molecule has 0 radical (unpaired) electrons. The number of sulfone groups is 1. The van der Waals surface area contributed by atoms with E-state index in [9.17, 15) is 8.42 Å². The summed E-state index contributed by atoms with van der Waals surface area (Å²) < 4.78 is 23.7. The van der Waals surface area contributed by atoms with Crippen LogP contribution < -0.4 is 5.32 Å². The Kier molecular flexibility index (Phi) is 4.14. The second-order valence-electron chi connectivity index (χ2n) is 5.74. The molecule has 1 atom stereocenters. The molecule has 0 aromatic heterocycles. The first-order chi connectivity index (χ1) is 8.04. The number of nitrogens with one attached hydrogen (secondary N) is 1. The maximum absolute atomic E-state index is 11.9. The zero-order chi connectivity index (χ0) is 12.5. The molecule has 17 heavy (non-hydrogen) atoms. The summed E-state index contributed by atoms with van der Waals surface area (Å²) in [6.07, 6.45) is 6.08. The van der Waals surface area contributed by atoms with Gasteiger partial charge in [-0.15, -0.1) is 0 Å². The molecule has 3 nitrogen and oxygen atoms in total. The summed E-state index contributed by atoms with van der Waals surface area (Å²) in [4.78, 5) is 0. The van der Waals surface area contributed by atoms with Crippen molar-refractivity contribution in [2.75, 3.05) is 12.3 Å². The molecule has 100 valence electrons. The summed E-state index contributed by atoms with van der Waals surface area (Å²) in [5.41, 5.74) is 0. The zero-order valence-electron chi connectivity index (χ0n) is 11.0. The van der Waals surface area contributed by atoms with Gasteiger partial charge in [-0.05, 0) is 50.9 Å². The number of hydrogen-bond donors (Lipinski definition) is 1. The molecule has 0 saturated heterocycles. The van der Waals surface area contributed by atoms with Gasteiger partial charge in [-0.2, -0.15) is 0 Å². The van der Waals surface area contributed by atoms with Gasteiger partial charge in [0.25, 0.3) is 0 Å². The molecule has 4 heteroatoms. The molecule has 2 fully saturated rings. The summed E-state index contributed by atoms with van der Waals surface area (Å²) in [6, 6.07) is 0.613. The first kappa shape index (κ1) is 13.3. The van der Waals surface area contributed by atoms with Crippen molar-refractivity contribution in [1.29, 1.82) is 0 Å². The van der Waals surface area contributed by atoms with Crippen molar-refractivity contribution in [3.63, 3.8) is 0 Å². The van der Waals surface area contributed by atoms with Gasteiger partial charge < -0.3 is 5.32 Å². The van der Waals surface area contributed by atoms with Gasteiger partial charge in [0.15, 0.2) is 9.84 Å². The topological polar surface area (TPSA) is 46.2 Å². The van der Waals surface area contributed by atoms with E-state index in [1.54, 1.807) is 0 Å². The Morgan fingerprint density at radius 1 is 1.18 bits per heavy atom. The molecule has 1 unspecified atom stereocenters. The standard InChI is InChI=1S/C13H25NO2S/c1-3-10(2)17(15,16)9-8-14-13(11-4-5-11)12-6-7-12/h10-14H,3-9H2,1-2H3. The molecule has 0 spiro atoms. The van der Waals surface area contributed by atoms with Gasteiger partial charge in [0, 0.05) is 12.6 Å². The molecule has 2 rings (SSSR count). The Balaban J connectivity index is 1.74. The lowest BCUT2D eigenvalue weighted by Crippen LogP contribution is -2.37. The van der Waals surface area contributed by atoms with Crippen molar-refractivity contribution in [3.05, 3.63) is 0 Å². The Labute approximate surface area is 105 Å². The normalized spacial score (nSPS) is 23.0. The molecule has 0 bridgehead atoms. The van der Waals surface area contributed by atoms with Gasteiger partial charge >= 0.3 is 0 Å². The van der Waals surface area contributed by atoms with Crippen LogP contribution in [0.4, 0.5) is 0 Å². The average Bonchev–Trinajstić information content (AvgIpc) is 3.15. The fraction of sp³-hybridized carbons (Fsp3) is 1.00.